The Labute approximate surface area is 104 Å². The molecule has 1 aliphatic carbocycles. The van der Waals surface area contributed by atoms with Crippen LogP contribution in [0.25, 0.3) is 0 Å². The second kappa shape index (κ2) is 6.45. The molecule has 1 N–H and O–H groups in total. The predicted octanol–water partition coefficient (Wildman–Crippen LogP) is 1.81. The molecule has 16 heavy (non-hydrogen) atoms. The molecule has 2 aliphatic rings. The maximum atomic E-state index is 11.9. The Kier molecular flexibility index (Phi) is 5.56. The smallest absolute Gasteiger partial charge is 0.236 e. The fourth-order valence-corrected chi connectivity index (χ4v) is 3.19. The second-order valence-corrected chi connectivity index (χ2v) is 4.87. The van der Waals surface area contributed by atoms with Crippen LogP contribution in [-0.4, -0.2) is 37.0 Å². The number of hydrogen-bond donors (Lipinski definition) is 1. The van der Waals surface area contributed by atoms with Crippen LogP contribution >= 0.6 is 12.4 Å². The van der Waals surface area contributed by atoms with Gasteiger partial charge in [-0.3, -0.25) is 4.79 Å². The topological polar surface area (TPSA) is 32.3 Å². The molecule has 1 heterocycles. The van der Waals surface area contributed by atoms with Crippen LogP contribution in [0.1, 0.15) is 38.5 Å². The van der Waals surface area contributed by atoms with Crippen molar-refractivity contribution in [1.82, 2.24) is 10.2 Å². The number of nitrogens with zero attached hydrogens (tertiary/aromatic N) is 1. The van der Waals surface area contributed by atoms with Gasteiger partial charge in [-0.1, -0.05) is 12.8 Å². The summed E-state index contributed by atoms with van der Waals surface area (Å²) in [5.41, 5.74) is 0. The van der Waals surface area contributed by atoms with E-state index in [-0.39, 0.29) is 12.4 Å². The van der Waals surface area contributed by atoms with Crippen LogP contribution in [0.2, 0.25) is 0 Å². The zero-order valence-electron chi connectivity index (χ0n) is 10.1. The zero-order chi connectivity index (χ0) is 10.7. The van der Waals surface area contributed by atoms with Gasteiger partial charge in [-0.15, -0.1) is 12.4 Å². The quantitative estimate of drug-likeness (QED) is 0.806. The first-order chi connectivity index (χ1) is 7.33. The lowest BCUT2D eigenvalue weighted by Gasteiger charge is -2.44. The second-order valence-electron chi connectivity index (χ2n) is 4.87. The number of fused-ring (bicyclic) bond motifs is 1. The van der Waals surface area contributed by atoms with E-state index >= 15 is 0 Å². The third-order valence-corrected chi connectivity index (χ3v) is 3.89. The number of carbonyl (C=O) groups is 1. The van der Waals surface area contributed by atoms with E-state index in [1.807, 2.05) is 7.05 Å². The molecule has 0 spiro atoms. The Bertz CT molecular complexity index is 233. The molecule has 0 aromatic rings. The van der Waals surface area contributed by atoms with Crippen LogP contribution in [0, 0.1) is 5.92 Å². The van der Waals surface area contributed by atoms with Gasteiger partial charge in [0, 0.05) is 12.6 Å². The number of halogens is 1. The molecule has 4 heteroatoms. The number of likely N-dealkylation sites (tertiary alicyclic amines) is 1. The van der Waals surface area contributed by atoms with Gasteiger partial charge >= 0.3 is 0 Å². The normalized spacial score (nSPS) is 29.2. The van der Waals surface area contributed by atoms with Gasteiger partial charge in [0.2, 0.25) is 5.91 Å². The summed E-state index contributed by atoms with van der Waals surface area (Å²) < 4.78 is 0. The summed E-state index contributed by atoms with van der Waals surface area (Å²) in [5.74, 6) is 1.10. The van der Waals surface area contributed by atoms with Crippen molar-refractivity contribution in [2.24, 2.45) is 5.92 Å². The molecule has 1 saturated carbocycles. The first-order valence-electron chi connectivity index (χ1n) is 6.27. The fraction of sp³-hybridized carbons (Fsp3) is 0.917. The Balaban J connectivity index is 0.00000128. The van der Waals surface area contributed by atoms with E-state index in [4.69, 9.17) is 0 Å². The number of nitrogens with one attached hydrogen (secondary N) is 1. The minimum Gasteiger partial charge on any atom is -0.338 e. The Morgan fingerprint density at radius 3 is 2.69 bits per heavy atom. The van der Waals surface area contributed by atoms with Gasteiger partial charge in [-0.25, -0.2) is 0 Å². The van der Waals surface area contributed by atoms with E-state index < -0.39 is 0 Å². The van der Waals surface area contributed by atoms with E-state index in [0.29, 0.717) is 18.5 Å². The maximum Gasteiger partial charge on any atom is 0.236 e. The molecule has 0 bridgehead atoms. The van der Waals surface area contributed by atoms with Crippen molar-refractivity contribution in [1.29, 1.82) is 0 Å². The van der Waals surface area contributed by atoms with Crippen molar-refractivity contribution in [2.45, 2.75) is 44.6 Å². The lowest BCUT2D eigenvalue weighted by atomic mass is 9.78. The van der Waals surface area contributed by atoms with Crippen molar-refractivity contribution in [3.05, 3.63) is 0 Å². The summed E-state index contributed by atoms with van der Waals surface area (Å²) in [6.07, 6.45) is 7.80. The van der Waals surface area contributed by atoms with Crippen LogP contribution in [0.3, 0.4) is 0 Å². The van der Waals surface area contributed by atoms with Gasteiger partial charge in [0.05, 0.1) is 6.54 Å². The van der Waals surface area contributed by atoms with Gasteiger partial charge in [0.1, 0.15) is 0 Å². The molecular formula is C12H23ClN2O. The average Bonchev–Trinajstić information content (AvgIpc) is 2.28. The molecule has 0 radical (unpaired) electrons. The van der Waals surface area contributed by atoms with Gasteiger partial charge in [0.15, 0.2) is 0 Å². The lowest BCUT2D eigenvalue weighted by molar-refractivity contribution is -0.136. The van der Waals surface area contributed by atoms with Crippen LogP contribution in [0.15, 0.2) is 0 Å². The number of amides is 1. The Morgan fingerprint density at radius 1 is 1.25 bits per heavy atom. The van der Waals surface area contributed by atoms with Crippen molar-refractivity contribution < 1.29 is 4.79 Å². The summed E-state index contributed by atoms with van der Waals surface area (Å²) in [6, 6.07) is 0.563. The van der Waals surface area contributed by atoms with Gasteiger partial charge in [-0.05, 0) is 38.6 Å². The van der Waals surface area contributed by atoms with Crippen molar-refractivity contribution in [3.8, 4) is 0 Å². The van der Waals surface area contributed by atoms with E-state index in [2.05, 4.69) is 10.2 Å². The molecule has 1 amide bonds. The summed E-state index contributed by atoms with van der Waals surface area (Å²) >= 11 is 0. The minimum atomic E-state index is 0. The first-order valence-corrected chi connectivity index (χ1v) is 6.27. The SMILES string of the molecule is CNCC(=O)N1CCC[C@H]2CCCC[C@H]21.Cl. The Hall–Kier alpha value is -0.280. The van der Waals surface area contributed by atoms with Crippen LogP contribution in [0.5, 0.6) is 0 Å². The Morgan fingerprint density at radius 2 is 1.94 bits per heavy atom. The summed E-state index contributed by atoms with van der Waals surface area (Å²) in [6.45, 7) is 1.49. The highest BCUT2D eigenvalue weighted by Crippen LogP contribution is 2.35. The number of hydrogen-bond acceptors (Lipinski definition) is 2. The number of rotatable bonds is 2. The maximum absolute atomic E-state index is 11.9. The highest BCUT2D eigenvalue weighted by atomic mass is 35.5. The summed E-state index contributed by atoms with van der Waals surface area (Å²) in [4.78, 5) is 14.1. The molecular weight excluding hydrogens is 224 g/mol. The highest BCUT2D eigenvalue weighted by Gasteiger charge is 2.35. The third-order valence-electron chi connectivity index (χ3n) is 3.89. The van der Waals surface area contributed by atoms with Crippen LogP contribution < -0.4 is 5.32 Å². The fourth-order valence-electron chi connectivity index (χ4n) is 3.19. The first kappa shape index (κ1) is 13.8. The third kappa shape index (κ3) is 2.89. The number of carbonyl (C=O) groups excluding carboxylic acids is 1. The molecule has 0 aromatic carbocycles. The molecule has 0 unspecified atom stereocenters. The summed E-state index contributed by atoms with van der Waals surface area (Å²) in [7, 11) is 1.85. The van der Waals surface area contributed by atoms with E-state index in [0.717, 1.165) is 12.5 Å². The van der Waals surface area contributed by atoms with Crippen LogP contribution in [0.4, 0.5) is 0 Å². The minimum absolute atomic E-state index is 0. The van der Waals surface area contributed by atoms with Crippen molar-refractivity contribution >= 4 is 18.3 Å². The molecule has 94 valence electrons. The van der Waals surface area contributed by atoms with E-state index in [1.165, 1.54) is 38.5 Å². The van der Waals surface area contributed by atoms with Gasteiger partial charge < -0.3 is 10.2 Å². The van der Waals surface area contributed by atoms with Crippen LogP contribution in [-0.2, 0) is 4.79 Å². The highest BCUT2D eigenvalue weighted by molar-refractivity contribution is 5.85. The standard InChI is InChI=1S/C12H22N2O.ClH/c1-13-9-12(15)14-8-4-6-10-5-2-3-7-11(10)14;/h10-11,13H,2-9H2,1H3;1H/t10-,11-;/m1./s1. The van der Waals surface area contributed by atoms with Crippen molar-refractivity contribution in [2.75, 3.05) is 20.1 Å². The monoisotopic (exact) mass is 246 g/mol. The predicted molar refractivity (Wildman–Crippen MR) is 67.9 cm³/mol. The van der Waals surface area contributed by atoms with Gasteiger partial charge in [-0.2, -0.15) is 0 Å². The van der Waals surface area contributed by atoms with Gasteiger partial charge in [0.25, 0.3) is 0 Å². The lowest BCUT2D eigenvalue weighted by Crippen LogP contribution is -2.51. The number of likely N-dealkylation sites (N-methyl/N-ethyl adjacent to an activating group) is 1. The molecule has 2 fully saturated rings. The molecule has 1 aliphatic heterocycles. The van der Waals surface area contributed by atoms with E-state index in [9.17, 15) is 4.79 Å². The molecule has 3 nitrogen and oxygen atoms in total. The summed E-state index contributed by atoms with van der Waals surface area (Å²) in [5, 5.41) is 2.97. The average molecular weight is 247 g/mol. The van der Waals surface area contributed by atoms with E-state index in [1.54, 1.807) is 0 Å². The van der Waals surface area contributed by atoms with Crippen molar-refractivity contribution in [3.63, 3.8) is 0 Å². The molecule has 1 saturated heterocycles. The largest absolute Gasteiger partial charge is 0.338 e. The molecule has 2 atom stereocenters. The number of piperidine rings is 1. The zero-order valence-corrected chi connectivity index (χ0v) is 10.9. The molecule has 0 aromatic heterocycles. The molecule has 2 rings (SSSR count).